The first-order chi connectivity index (χ1) is 8.13. The van der Waals surface area contributed by atoms with Crippen LogP contribution < -0.4 is 16.4 Å². The van der Waals surface area contributed by atoms with Crippen LogP contribution in [0, 0.1) is 0 Å². The summed E-state index contributed by atoms with van der Waals surface area (Å²) in [5.74, 6) is -0.496. The molecule has 0 aromatic carbocycles. The molecule has 4 N–H and O–H groups in total. The van der Waals surface area contributed by atoms with Crippen LogP contribution in [-0.2, 0) is 4.74 Å². The van der Waals surface area contributed by atoms with E-state index in [1.54, 1.807) is 12.1 Å². The molecule has 17 heavy (non-hydrogen) atoms. The number of nitrogens with one attached hydrogen (secondary N) is 2. The maximum atomic E-state index is 11.2. The fourth-order valence-corrected chi connectivity index (χ4v) is 1.15. The molecular weight excluding hydrogens is 224 g/mol. The van der Waals surface area contributed by atoms with E-state index >= 15 is 0 Å². The number of ether oxygens (including phenoxy) is 1. The number of esters is 1. The van der Waals surface area contributed by atoms with Crippen molar-refractivity contribution in [3.8, 4) is 0 Å². The van der Waals surface area contributed by atoms with Gasteiger partial charge in [0.25, 0.3) is 0 Å². The van der Waals surface area contributed by atoms with Gasteiger partial charge in [-0.05, 0) is 12.1 Å². The fraction of sp³-hybridized carbons (Fsp3) is 0.300. The molecule has 0 aliphatic heterocycles. The van der Waals surface area contributed by atoms with Gasteiger partial charge in [-0.25, -0.2) is 14.6 Å². The molecule has 1 aromatic heterocycles. The standard InChI is InChI=1S/C10H14N4O3/c1-17-9(15)8-6-7(2-3-13-8)12-4-5-14-10(11)16/h2-3,6H,4-5H2,1H3,(H,12,13)(H3,11,14,16). The van der Waals surface area contributed by atoms with Crippen molar-refractivity contribution in [3.63, 3.8) is 0 Å². The lowest BCUT2D eigenvalue weighted by atomic mass is 10.3. The molecule has 1 heterocycles. The van der Waals surface area contributed by atoms with Gasteiger partial charge < -0.3 is 21.1 Å². The Hall–Kier alpha value is -2.31. The van der Waals surface area contributed by atoms with E-state index in [2.05, 4.69) is 20.4 Å². The molecule has 2 amide bonds. The number of rotatable bonds is 5. The number of pyridine rings is 1. The predicted molar refractivity (Wildman–Crippen MR) is 61.7 cm³/mol. The number of anilines is 1. The van der Waals surface area contributed by atoms with Crippen molar-refractivity contribution in [2.24, 2.45) is 5.73 Å². The van der Waals surface area contributed by atoms with Gasteiger partial charge in [-0.3, -0.25) is 0 Å². The molecular formula is C10H14N4O3. The molecule has 0 saturated carbocycles. The largest absolute Gasteiger partial charge is 0.464 e. The minimum atomic E-state index is -0.572. The van der Waals surface area contributed by atoms with Gasteiger partial charge in [-0.2, -0.15) is 0 Å². The molecule has 0 atom stereocenters. The third kappa shape index (κ3) is 4.37. The summed E-state index contributed by atoms with van der Waals surface area (Å²) in [6, 6.07) is 2.70. The number of carbonyl (C=O) groups excluding carboxylic acids is 2. The zero-order valence-corrected chi connectivity index (χ0v) is 9.40. The Morgan fingerprint density at radius 1 is 1.47 bits per heavy atom. The summed E-state index contributed by atoms with van der Waals surface area (Å²) in [6.07, 6.45) is 1.50. The third-order valence-electron chi connectivity index (χ3n) is 1.91. The highest BCUT2D eigenvalue weighted by atomic mass is 16.5. The first kappa shape index (κ1) is 12.8. The van der Waals surface area contributed by atoms with Crippen molar-refractivity contribution >= 4 is 17.7 Å². The second-order valence-corrected chi connectivity index (χ2v) is 3.14. The van der Waals surface area contributed by atoms with E-state index in [-0.39, 0.29) is 5.69 Å². The van der Waals surface area contributed by atoms with E-state index in [0.717, 1.165) is 0 Å². The predicted octanol–water partition coefficient (Wildman–Crippen LogP) is -0.0516. The molecule has 0 aliphatic rings. The second-order valence-electron chi connectivity index (χ2n) is 3.14. The second kappa shape index (κ2) is 6.31. The maximum absolute atomic E-state index is 11.2. The van der Waals surface area contributed by atoms with Gasteiger partial charge in [0.2, 0.25) is 0 Å². The Morgan fingerprint density at radius 3 is 2.88 bits per heavy atom. The monoisotopic (exact) mass is 238 g/mol. The number of hydrogen-bond donors (Lipinski definition) is 3. The van der Waals surface area contributed by atoms with E-state index in [1.807, 2.05) is 0 Å². The minimum absolute atomic E-state index is 0.223. The van der Waals surface area contributed by atoms with E-state index in [0.29, 0.717) is 18.8 Å². The summed E-state index contributed by atoms with van der Waals surface area (Å²) >= 11 is 0. The van der Waals surface area contributed by atoms with Gasteiger partial charge in [0, 0.05) is 25.0 Å². The fourth-order valence-electron chi connectivity index (χ4n) is 1.15. The highest BCUT2D eigenvalue weighted by Gasteiger charge is 2.06. The number of nitrogens with two attached hydrogens (primary N) is 1. The maximum Gasteiger partial charge on any atom is 0.356 e. The average molecular weight is 238 g/mol. The summed E-state index contributed by atoms with van der Waals surface area (Å²) in [5, 5.41) is 5.43. The lowest BCUT2D eigenvalue weighted by molar-refractivity contribution is 0.0594. The Kier molecular flexibility index (Phi) is 4.74. The van der Waals surface area contributed by atoms with Gasteiger partial charge in [0.1, 0.15) is 5.69 Å². The van der Waals surface area contributed by atoms with Crippen molar-refractivity contribution in [1.82, 2.24) is 10.3 Å². The number of aromatic nitrogens is 1. The molecule has 0 fully saturated rings. The van der Waals surface area contributed by atoms with Crippen molar-refractivity contribution in [2.45, 2.75) is 0 Å². The number of hydrogen-bond acceptors (Lipinski definition) is 5. The van der Waals surface area contributed by atoms with Crippen LogP contribution in [0.4, 0.5) is 10.5 Å². The van der Waals surface area contributed by atoms with Crippen LogP contribution >= 0.6 is 0 Å². The summed E-state index contributed by atoms with van der Waals surface area (Å²) in [7, 11) is 1.29. The zero-order chi connectivity index (χ0) is 12.7. The number of primary amides is 1. The van der Waals surface area contributed by atoms with Crippen LogP contribution in [0.3, 0.4) is 0 Å². The van der Waals surface area contributed by atoms with Crippen LogP contribution in [0.1, 0.15) is 10.5 Å². The number of methoxy groups -OCH3 is 1. The molecule has 1 rings (SSSR count). The van der Waals surface area contributed by atoms with Crippen LogP contribution in [0.15, 0.2) is 18.3 Å². The smallest absolute Gasteiger partial charge is 0.356 e. The molecule has 92 valence electrons. The van der Waals surface area contributed by atoms with E-state index in [4.69, 9.17) is 5.73 Å². The Labute approximate surface area is 98.4 Å². The summed E-state index contributed by atoms with van der Waals surface area (Å²) in [5.41, 5.74) is 5.84. The summed E-state index contributed by atoms with van der Waals surface area (Å²) in [6.45, 7) is 0.888. The molecule has 0 aliphatic carbocycles. The molecule has 0 unspecified atom stereocenters. The molecule has 0 spiro atoms. The van der Waals surface area contributed by atoms with Crippen molar-refractivity contribution in [2.75, 3.05) is 25.5 Å². The quantitative estimate of drug-likeness (QED) is 0.492. The van der Waals surface area contributed by atoms with Crippen LogP contribution in [-0.4, -0.2) is 37.2 Å². The number of nitrogens with zero attached hydrogens (tertiary/aromatic N) is 1. The van der Waals surface area contributed by atoms with Crippen molar-refractivity contribution in [3.05, 3.63) is 24.0 Å². The molecule has 0 bridgehead atoms. The third-order valence-corrected chi connectivity index (χ3v) is 1.91. The SMILES string of the molecule is COC(=O)c1cc(NCCNC(N)=O)ccn1. The van der Waals surface area contributed by atoms with E-state index < -0.39 is 12.0 Å². The van der Waals surface area contributed by atoms with Gasteiger partial charge in [0.15, 0.2) is 0 Å². The van der Waals surface area contributed by atoms with Gasteiger partial charge in [-0.1, -0.05) is 0 Å². The molecule has 7 heteroatoms. The number of amides is 2. The average Bonchev–Trinajstić information content (AvgIpc) is 2.34. The van der Waals surface area contributed by atoms with Crippen molar-refractivity contribution in [1.29, 1.82) is 0 Å². The zero-order valence-electron chi connectivity index (χ0n) is 9.40. The molecule has 1 aromatic rings. The van der Waals surface area contributed by atoms with E-state index in [1.165, 1.54) is 13.3 Å². The summed E-state index contributed by atoms with van der Waals surface area (Å²) < 4.78 is 4.55. The lowest BCUT2D eigenvalue weighted by Gasteiger charge is -2.07. The summed E-state index contributed by atoms with van der Waals surface area (Å²) in [4.78, 5) is 25.5. The first-order valence-electron chi connectivity index (χ1n) is 4.95. The highest BCUT2D eigenvalue weighted by molar-refractivity contribution is 5.88. The Balaban J connectivity index is 2.48. The molecule has 0 radical (unpaired) electrons. The van der Waals surface area contributed by atoms with Gasteiger partial charge in [-0.15, -0.1) is 0 Å². The molecule has 0 saturated heterocycles. The molecule has 7 nitrogen and oxygen atoms in total. The highest BCUT2D eigenvalue weighted by Crippen LogP contribution is 2.07. The Bertz CT molecular complexity index is 408. The van der Waals surface area contributed by atoms with E-state index in [9.17, 15) is 9.59 Å². The first-order valence-corrected chi connectivity index (χ1v) is 4.95. The minimum Gasteiger partial charge on any atom is -0.464 e. The number of carbonyl (C=O) groups is 2. The Morgan fingerprint density at radius 2 is 2.24 bits per heavy atom. The van der Waals surface area contributed by atoms with Crippen molar-refractivity contribution < 1.29 is 14.3 Å². The van der Waals surface area contributed by atoms with Gasteiger partial charge in [0.05, 0.1) is 7.11 Å². The van der Waals surface area contributed by atoms with Gasteiger partial charge >= 0.3 is 12.0 Å². The van der Waals surface area contributed by atoms with Crippen LogP contribution in [0.2, 0.25) is 0 Å². The van der Waals surface area contributed by atoms with Crippen LogP contribution in [0.5, 0.6) is 0 Å². The van der Waals surface area contributed by atoms with Crippen LogP contribution in [0.25, 0.3) is 0 Å². The number of urea groups is 1. The lowest BCUT2D eigenvalue weighted by Crippen LogP contribution is -2.33. The normalized spacial score (nSPS) is 9.47. The topological polar surface area (TPSA) is 106 Å².